The summed E-state index contributed by atoms with van der Waals surface area (Å²) in [5, 5.41) is 14.8. The Bertz CT molecular complexity index is 655. The maximum absolute atomic E-state index is 11.2. The summed E-state index contributed by atoms with van der Waals surface area (Å²) >= 11 is 3.22. The van der Waals surface area contributed by atoms with Crippen molar-refractivity contribution in [2.24, 2.45) is 0 Å². The molecule has 8 nitrogen and oxygen atoms in total. The van der Waals surface area contributed by atoms with Gasteiger partial charge in [0.25, 0.3) is 11.5 Å². The Morgan fingerprint density at radius 1 is 1.53 bits per heavy atom. The molecule has 1 aromatic heterocycles. The highest BCUT2D eigenvalue weighted by Gasteiger charge is 2.19. The van der Waals surface area contributed by atoms with Crippen molar-refractivity contribution in [3.05, 3.63) is 44.9 Å². The lowest BCUT2D eigenvalue weighted by Gasteiger charge is -2.02. The van der Waals surface area contributed by atoms with Crippen LogP contribution >= 0.6 is 15.9 Å². The second kappa shape index (κ2) is 5.14. The van der Waals surface area contributed by atoms with Gasteiger partial charge in [0.2, 0.25) is 0 Å². The van der Waals surface area contributed by atoms with Gasteiger partial charge < -0.3 is 4.74 Å². The Labute approximate surface area is 115 Å². The fourth-order valence-corrected chi connectivity index (χ4v) is 1.75. The molecule has 0 unspecified atom stereocenters. The highest BCUT2D eigenvalue weighted by Crippen LogP contribution is 2.25. The number of halogens is 1. The SMILES string of the molecule is COC(=O)c1ncn(-c2cc(Br)ccc2[N+](=O)[O-])n1. The molecule has 0 aliphatic heterocycles. The molecular formula is C10H7BrN4O4. The molecular weight excluding hydrogens is 320 g/mol. The average Bonchev–Trinajstić information content (AvgIpc) is 2.86. The molecule has 2 aromatic rings. The highest BCUT2D eigenvalue weighted by atomic mass is 79.9. The van der Waals surface area contributed by atoms with E-state index in [1.807, 2.05) is 0 Å². The fourth-order valence-electron chi connectivity index (χ4n) is 1.40. The van der Waals surface area contributed by atoms with Gasteiger partial charge in [-0.3, -0.25) is 10.1 Å². The summed E-state index contributed by atoms with van der Waals surface area (Å²) in [5.41, 5.74) is 0.0477. The number of benzene rings is 1. The number of hydrogen-bond donors (Lipinski definition) is 0. The number of carbonyl (C=O) groups is 1. The van der Waals surface area contributed by atoms with Crippen LogP contribution in [0.2, 0.25) is 0 Å². The van der Waals surface area contributed by atoms with Crippen LogP contribution in [0.1, 0.15) is 10.6 Å². The molecule has 0 aliphatic carbocycles. The van der Waals surface area contributed by atoms with Crippen molar-refractivity contribution >= 4 is 27.6 Å². The van der Waals surface area contributed by atoms with Gasteiger partial charge in [-0.1, -0.05) is 15.9 Å². The van der Waals surface area contributed by atoms with E-state index in [4.69, 9.17) is 0 Å². The second-order valence-electron chi connectivity index (χ2n) is 3.39. The first-order valence-corrected chi connectivity index (χ1v) is 5.76. The molecule has 0 saturated heterocycles. The highest BCUT2D eigenvalue weighted by molar-refractivity contribution is 9.10. The Balaban J connectivity index is 2.52. The Kier molecular flexibility index (Phi) is 3.56. The van der Waals surface area contributed by atoms with Gasteiger partial charge in [0, 0.05) is 10.5 Å². The monoisotopic (exact) mass is 326 g/mol. The van der Waals surface area contributed by atoms with Crippen LogP contribution in [-0.2, 0) is 4.74 Å². The molecule has 0 N–H and O–H groups in total. The third-order valence-corrected chi connectivity index (χ3v) is 2.73. The zero-order valence-corrected chi connectivity index (χ0v) is 11.2. The van der Waals surface area contributed by atoms with Gasteiger partial charge in [0.15, 0.2) is 0 Å². The lowest BCUT2D eigenvalue weighted by atomic mass is 10.3. The van der Waals surface area contributed by atoms with Crippen LogP contribution < -0.4 is 0 Å². The minimum Gasteiger partial charge on any atom is -0.463 e. The lowest BCUT2D eigenvalue weighted by Crippen LogP contribution is -2.06. The number of esters is 1. The Hall–Kier alpha value is -2.29. The van der Waals surface area contributed by atoms with E-state index in [9.17, 15) is 14.9 Å². The van der Waals surface area contributed by atoms with Gasteiger partial charge in [-0.2, -0.15) is 0 Å². The van der Waals surface area contributed by atoms with Crippen molar-refractivity contribution in [2.45, 2.75) is 0 Å². The van der Waals surface area contributed by atoms with E-state index in [0.717, 1.165) is 4.68 Å². The first-order valence-electron chi connectivity index (χ1n) is 4.97. The molecule has 98 valence electrons. The molecule has 0 saturated carbocycles. The molecule has 2 rings (SSSR count). The minimum absolute atomic E-state index is 0.149. The van der Waals surface area contributed by atoms with Gasteiger partial charge in [-0.05, 0) is 12.1 Å². The fraction of sp³-hybridized carbons (Fsp3) is 0.100. The van der Waals surface area contributed by atoms with Crippen molar-refractivity contribution in [3.63, 3.8) is 0 Å². The van der Waals surface area contributed by atoms with Crippen molar-refractivity contribution in [1.82, 2.24) is 14.8 Å². The molecule has 0 radical (unpaired) electrons. The summed E-state index contributed by atoms with van der Waals surface area (Å²) in [4.78, 5) is 25.4. The Morgan fingerprint density at radius 2 is 2.26 bits per heavy atom. The number of nitro groups is 1. The van der Waals surface area contributed by atoms with Gasteiger partial charge in [0.05, 0.1) is 12.0 Å². The molecule has 0 aliphatic rings. The molecule has 0 spiro atoms. The van der Waals surface area contributed by atoms with Crippen molar-refractivity contribution in [3.8, 4) is 5.69 Å². The van der Waals surface area contributed by atoms with Crippen LogP contribution in [0.25, 0.3) is 5.69 Å². The van der Waals surface area contributed by atoms with Crippen LogP contribution in [0.3, 0.4) is 0 Å². The second-order valence-corrected chi connectivity index (χ2v) is 4.31. The number of nitrogens with zero attached hydrogens (tertiary/aromatic N) is 4. The van der Waals surface area contributed by atoms with Crippen molar-refractivity contribution in [1.29, 1.82) is 0 Å². The molecule has 1 aromatic carbocycles. The minimum atomic E-state index is -0.712. The van der Waals surface area contributed by atoms with Crippen LogP contribution in [0, 0.1) is 10.1 Å². The molecule has 0 atom stereocenters. The molecule has 0 bridgehead atoms. The summed E-state index contributed by atoms with van der Waals surface area (Å²) in [6.07, 6.45) is 1.21. The van der Waals surface area contributed by atoms with E-state index in [2.05, 4.69) is 30.7 Å². The standard InChI is InChI=1S/C10H7BrN4O4/c1-19-10(16)9-12-5-14(13-9)8-4-6(11)2-3-7(8)15(17)18/h2-5H,1H3. The van der Waals surface area contributed by atoms with Crippen LogP contribution in [-0.4, -0.2) is 32.8 Å². The summed E-state index contributed by atoms with van der Waals surface area (Å²) in [6.45, 7) is 0. The Morgan fingerprint density at radius 3 is 2.89 bits per heavy atom. The summed E-state index contributed by atoms with van der Waals surface area (Å²) in [5.74, 6) is -0.881. The normalized spacial score (nSPS) is 10.2. The molecule has 19 heavy (non-hydrogen) atoms. The smallest absolute Gasteiger partial charge is 0.377 e. The van der Waals surface area contributed by atoms with Gasteiger partial charge in [-0.25, -0.2) is 14.5 Å². The van der Waals surface area contributed by atoms with E-state index in [1.54, 1.807) is 6.07 Å². The first kappa shape index (κ1) is 13.1. The maximum Gasteiger partial charge on any atom is 0.377 e. The zero-order valence-electron chi connectivity index (χ0n) is 9.61. The van der Waals surface area contributed by atoms with Crippen LogP contribution in [0.5, 0.6) is 0 Å². The maximum atomic E-state index is 11.2. The predicted molar refractivity (Wildman–Crippen MR) is 67.1 cm³/mol. The number of methoxy groups -OCH3 is 1. The number of carbonyl (C=O) groups excluding carboxylic acids is 1. The van der Waals surface area contributed by atoms with E-state index >= 15 is 0 Å². The topological polar surface area (TPSA) is 100 Å². The van der Waals surface area contributed by atoms with Crippen LogP contribution in [0.15, 0.2) is 29.0 Å². The van der Waals surface area contributed by atoms with E-state index in [-0.39, 0.29) is 17.2 Å². The van der Waals surface area contributed by atoms with Crippen molar-refractivity contribution in [2.75, 3.05) is 7.11 Å². The molecule has 0 fully saturated rings. The number of hydrogen-bond acceptors (Lipinski definition) is 6. The van der Waals surface area contributed by atoms with Gasteiger partial charge in [-0.15, -0.1) is 5.10 Å². The molecule has 9 heteroatoms. The number of aromatic nitrogens is 3. The van der Waals surface area contributed by atoms with Gasteiger partial charge in [0.1, 0.15) is 12.0 Å². The molecule has 0 amide bonds. The number of nitro benzene ring substituents is 1. The van der Waals surface area contributed by atoms with Gasteiger partial charge >= 0.3 is 5.97 Å². The summed E-state index contributed by atoms with van der Waals surface area (Å²) in [6, 6.07) is 4.38. The number of rotatable bonds is 3. The summed E-state index contributed by atoms with van der Waals surface area (Å²) in [7, 11) is 1.20. The zero-order chi connectivity index (χ0) is 14.0. The van der Waals surface area contributed by atoms with Crippen molar-refractivity contribution < 1.29 is 14.5 Å². The van der Waals surface area contributed by atoms with E-state index in [1.165, 1.54) is 25.6 Å². The lowest BCUT2D eigenvalue weighted by molar-refractivity contribution is -0.384. The third-order valence-electron chi connectivity index (χ3n) is 2.24. The van der Waals surface area contributed by atoms with E-state index < -0.39 is 10.9 Å². The summed E-state index contributed by atoms with van der Waals surface area (Å²) < 4.78 is 6.26. The van der Waals surface area contributed by atoms with E-state index in [0.29, 0.717) is 4.47 Å². The predicted octanol–water partition coefficient (Wildman–Crippen LogP) is 1.72. The largest absolute Gasteiger partial charge is 0.463 e. The molecule has 1 heterocycles. The third kappa shape index (κ3) is 2.60. The van der Waals surface area contributed by atoms with Crippen LogP contribution in [0.4, 0.5) is 5.69 Å². The average molecular weight is 327 g/mol. The first-order chi connectivity index (χ1) is 9.02. The quantitative estimate of drug-likeness (QED) is 0.483. The number of ether oxygens (including phenoxy) is 1.